The summed E-state index contributed by atoms with van der Waals surface area (Å²) in [5, 5.41) is 2.79. The second-order valence-corrected chi connectivity index (χ2v) is 10.8. The highest BCUT2D eigenvalue weighted by Gasteiger charge is 2.25. The third-order valence-corrected chi connectivity index (χ3v) is 7.81. The second kappa shape index (κ2) is 11.7. The molecule has 1 aromatic carbocycles. The number of urea groups is 2. The van der Waals surface area contributed by atoms with E-state index in [0.717, 1.165) is 69.2 Å². The lowest BCUT2D eigenvalue weighted by Gasteiger charge is -2.29. The van der Waals surface area contributed by atoms with E-state index in [1.165, 1.54) is 0 Å². The van der Waals surface area contributed by atoms with Gasteiger partial charge < -0.3 is 15.1 Å². The van der Waals surface area contributed by atoms with Gasteiger partial charge in [-0.3, -0.25) is 0 Å². The molecule has 0 radical (unpaired) electrons. The zero-order valence-corrected chi connectivity index (χ0v) is 20.8. The van der Waals surface area contributed by atoms with Gasteiger partial charge in [-0.2, -0.15) is 0 Å². The van der Waals surface area contributed by atoms with Gasteiger partial charge in [0.15, 0.2) is 0 Å². The van der Waals surface area contributed by atoms with Gasteiger partial charge in [0.2, 0.25) is 0 Å². The fourth-order valence-electron chi connectivity index (χ4n) is 4.75. The zero-order chi connectivity index (χ0) is 23.8. The quantitative estimate of drug-likeness (QED) is 0.625. The molecule has 8 nitrogen and oxygen atoms in total. The van der Waals surface area contributed by atoms with Gasteiger partial charge in [-0.15, -0.1) is 0 Å². The van der Waals surface area contributed by atoms with Crippen molar-refractivity contribution in [3.8, 4) is 0 Å². The first-order valence-electron chi connectivity index (χ1n) is 12.3. The molecule has 0 bridgehead atoms. The van der Waals surface area contributed by atoms with Gasteiger partial charge in [-0.25, -0.2) is 22.7 Å². The summed E-state index contributed by atoms with van der Waals surface area (Å²) in [5.41, 5.74) is 1.96. The summed E-state index contributed by atoms with van der Waals surface area (Å²) < 4.78 is 27.8. The molecule has 2 aliphatic rings. The number of benzene rings is 1. The van der Waals surface area contributed by atoms with Crippen LogP contribution in [-0.2, 0) is 22.9 Å². The number of fused-ring (bicyclic) bond motifs is 1. The Balaban J connectivity index is 1.65. The molecule has 4 amide bonds. The number of amides is 4. The molecule has 1 aliphatic carbocycles. The number of rotatable bonds is 7. The van der Waals surface area contributed by atoms with Gasteiger partial charge in [0.25, 0.3) is 10.0 Å². The molecule has 1 fully saturated rings. The minimum atomic E-state index is -3.96. The highest BCUT2D eigenvalue weighted by atomic mass is 32.2. The first-order valence-corrected chi connectivity index (χ1v) is 13.8. The highest BCUT2D eigenvalue weighted by molar-refractivity contribution is 7.90. The molecule has 0 spiro atoms. The third-order valence-electron chi connectivity index (χ3n) is 6.49. The predicted octanol–water partition coefficient (Wildman–Crippen LogP) is 3.65. The number of carbonyl (C=O) groups excluding carboxylic acids is 2. The number of nitrogens with one attached hydrogen (secondary N) is 2. The number of carbonyl (C=O) groups is 2. The monoisotopic (exact) mass is 478 g/mol. The number of sulfonamides is 1. The Morgan fingerprint density at radius 3 is 2.27 bits per heavy atom. The van der Waals surface area contributed by atoms with Crippen molar-refractivity contribution in [2.45, 2.75) is 82.6 Å². The van der Waals surface area contributed by atoms with Crippen molar-refractivity contribution >= 4 is 22.1 Å². The fourth-order valence-corrected chi connectivity index (χ4v) is 5.71. The highest BCUT2D eigenvalue weighted by Crippen LogP contribution is 2.22. The summed E-state index contributed by atoms with van der Waals surface area (Å²) in [4.78, 5) is 29.1. The van der Waals surface area contributed by atoms with E-state index in [4.69, 9.17) is 0 Å². The van der Waals surface area contributed by atoms with E-state index in [9.17, 15) is 18.0 Å². The molecule has 1 aromatic rings. The summed E-state index contributed by atoms with van der Waals surface area (Å²) in [6.07, 6.45) is 8.14. The molecule has 1 saturated carbocycles. The Labute approximate surface area is 198 Å². The molecular weight excluding hydrogens is 440 g/mol. The largest absolute Gasteiger partial charge is 0.335 e. The van der Waals surface area contributed by atoms with Gasteiger partial charge in [-0.1, -0.05) is 39.2 Å². The summed E-state index contributed by atoms with van der Waals surface area (Å²) in [6, 6.07) is 4.43. The molecule has 0 atom stereocenters. The topological polar surface area (TPSA) is 98.8 Å². The number of hydrogen-bond acceptors (Lipinski definition) is 4. The molecule has 0 saturated heterocycles. The average molecular weight is 479 g/mol. The number of nitrogens with zero attached hydrogens (tertiary/aromatic N) is 2. The van der Waals surface area contributed by atoms with Crippen LogP contribution in [0.2, 0.25) is 0 Å². The first kappa shape index (κ1) is 25.3. The zero-order valence-electron chi connectivity index (χ0n) is 19.9. The molecule has 184 valence electrons. The van der Waals surface area contributed by atoms with Crippen LogP contribution in [0.1, 0.15) is 69.9 Å². The van der Waals surface area contributed by atoms with Crippen molar-refractivity contribution in [2.24, 2.45) is 0 Å². The molecule has 0 aromatic heterocycles. The van der Waals surface area contributed by atoms with Crippen LogP contribution in [0.4, 0.5) is 9.59 Å². The Morgan fingerprint density at radius 1 is 1.00 bits per heavy atom. The van der Waals surface area contributed by atoms with E-state index in [0.29, 0.717) is 25.9 Å². The second-order valence-electron chi connectivity index (χ2n) is 9.10. The van der Waals surface area contributed by atoms with E-state index in [2.05, 4.69) is 23.9 Å². The smallest absolute Gasteiger partial charge is 0.328 e. The number of hydrogen-bond donors (Lipinski definition) is 2. The van der Waals surface area contributed by atoms with Gasteiger partial charge >= 0.3 is 12.1 Å². The maximum absolute atomic E-state index is 13.0. The summed E-state index contributed by atoms with van der Waals surface area (Å²) in [5.74, 6) is 0. The van der Waals surface area contributed by atoms with E-state index in [1.54, 1.807) is 12.1 Å². The normalized spacial score (nSPS) is 17.1. The molecule has 3 rings (SSSR count). The SMILES string of the molecule is CCCN(CCC)C(=O)N1CCc2ccc(S(=O)(=O)NC(=O)NC3CCCCC3)cc2CC1. The van der Waals surface area contributed by atoms with Crippen molar-refractivity contribution in [3.05, 3.63) is 29.3 Å². The summed E-state index contributed by atoms with van der Waals surface area (Å²) in [7, 11) is -3.96. The maximum Gasteiger partial charge on any atom is 0.328 e. The van der Waals surface area contributed by atoms with Gasteiger partial charge in [0.05, 0.1) is 4.90 Å². The standard InChI is InChI=1S/C24H38N4O4S/c1-3-14-27(15-4-2)24(30)28-16-12-19-10-11-22(18-20(19)13-17-28)33(31,32)26-23(29)25-21-8-6-5-7-9-21/h10-11,18,21H,3-9,12-17H2,1-2H3,(H2,25,26,29). The fraction of sp³-hybridized carbons (Fsp3) is 0.667. The Bertz CT molecular complexity index is 922. The van der Waals surface area contributed by atoms with Crippen molar-refractivity contribution in [3.63, 3.8) is 0 Å². The van der Waals surface area contributed by atoms with E-state index in [-0.39, 0.29) is 17.0 Å². The van der Waals surface area contributed by atoms with Crippen LogP contribution < -0.4 is 10.0 Å². The first-order chi connectivity index (χ1) is 15.8. The van der Waals surface area contributed by atoms with E-state index >= 15 is 0 Å². The predicted molar refractivity (Wildman–Crippen MR) is 129 cm³/mol. The Morgan fingerprint density at radius 2 is 1.64 bits per heavy atom. The molecule has 2 N–H and O–H groups in total. The van der Waals surface area contributed by atoms with Crippen LogP contribution in [0.25, 0.3) is 0 Å². The van der Waals surface area contributed by atoms with Crippen molar-refractivity contribution in [1.29, 1.82) is 0 Å². The van der Waals surface area contributed by atoms with E-state index in [1.807, 2.05) is 15.9 Å². The molecule has 9 heteroatoms. The maximum atomic E-state index is 13.0. The lowest BCUT2D eigenvalue weighted by atomic mass is 9.96. The van der Waals surface area contributed by atoms with Crippen LogP contribution in [0, 0.1) is 0 Å². The average Bonchev–Trinajstić information content (AvgIpc) is 3.01. The van der Waals surface area contributed by atoms with Crippen LogP contribution in [0.15, 0.2) is 23.1 Å². The van der Waals surface area contributed by atoms with Gasteiger partial charge in [-0.05, 0) is 61.8 Å². The summed E-state index contributed by atoms with van der Waals surface area (Å²) >= 11 is 0. The summed E-state index contributed by atoms with van der Waals surface area (Å²) in [6.45, 7) is 6.79. The molecule has 0 unspecified atom stereocenters. The van der Waals surface area contributed by atoms with E-state index < -0.39 is 16.1 Å². The minimum absolute atomic E-state index is 0.0319. The molecule has 1 aliphatic heterocycles. The Kier molecular flexibility index (Phi) is 9.00. The molecule has 33 heavy (non-hydrogen) atoms. The van der Waals surface area contributed by atoms with Crippen molar-refractivity contribution < 1.29 is 18.0 Å². The van der Waals surface area contributed by atoms with Gasteiger partial charge in [0, 0.05) is 32.2 Å². The van der Waals surface area contributed by atoms with Crippen LogP contribution in [-0.4, -0.2) is 62.5 Å². The van der Waals surface area contributed by atoms with Gasteiger partial charge in [0.1, 0.15) is 0 Å². The lowest BCUT2D eigenvalue weighted by Crippen LogP contribution is -2.45. The van der Waals surface area contributed by atoms with Crippen molar-refractivity contribution in [2.75, 3.05) is 26.2 Å². The molecular formula is C24H38N4O4S. The Hall–Kier alpha value is -2.29. The van der Waals surface area contributed by atoms with Crippen LogP contribution in [0.3, 0.4) is 0 Å². The lowest BCUT2D eigenvalue weighted by molar-refractivity contribution is 0.154. The molecule has 1 heterocycles. The minimum Gasteiger partial charge on any atom is -0.335 e. The third kappa shape index (κ3) is 6.85. The van der Waals surface area contributed by atoms with Crippen molar-refractivity contribution in [1.82, 2.24) is 19.8 Å². The van der Waals surface area contributed by atoms with Crippen LogP contribution >= 0.6 is 0 Å². The van der Waals surface area contributed by atoms with Crippen LogP contribution in [0.5, 0.6) is 0 Å².